The quantitative estimate of drug-likeness (QED) is 0.890. The number of nitrogens with two attached hydrogens (primary N) is 1. The minimum absolute atomic E-state index is 0.560. The summed E-state index contributed by atoms with van der Waals surface area (Å²) in [5.74, 6) is 1.23. The summed E-state index contributed by atoms with van der Waals surface area (Å²) >= 11 is 1.79. The zero-order chi connectivity index (χ0) is 13.1. The summed E-state index contributed by atoms with van der Waals surface area (Å²) in [6, 6.07) is 5.72. The summed E-state index contributed by atoms with van der Waals surface area (Å²) in [5.41, 5.74) is 7.81. The Kier molecular flexibility index (Phi) is 3.72. The summed E-state index contributed by atoms with van der Waals surface area (Å²) in [6.45, 7) is 4.97. The van der Waals surface area contributed by atoms with Gasteiger partial charge >= 0.3 is 0 Å². The van der Waals surface area contributed by atoms with Crippen molar-refractivity contribution in [3.8, 4) is 5.88 Å². The molecule has 0 atom stereocenters. The second-order valence-electron chi connectivity index (χ2n) is 4.10. The maximum Gasteiger partial charge on any atom is 0.215 e. The van der Waals surface area contributed by atoms with Crippen LogP contribution < -0.4 is 15.8 Å². The number of nitrogens with zero attached hydrogens (tertiary/aromatic N) is 1. The van der Waals surface area contributed by atoms with Crippen LogP contribution >= 0.6 is 11.3 Å². The molecule has 2 rings (SSSR count). The normalized spacial score (nSPS) is 10.4. The van der Waals surface area contributed by atoms with Crippen LogP contribution in [0.15, 0.2) is 18.2 Å². The van der Waals surface area contributed by atoms with Crippen LogP contribution in [-0.4, -0.2) is 12.1 Å². The molecule has 2 heterocycles. The Hall–Kier alpha value is -1.75. The third-order valence-electron chi connectivity index (χ3n) is 2.76. The average molecular weight is 263 g/mol. The monoisotopic (exact) mass is 263 g/mol. The van der Waals surface area contributed by atoms with Crippen molar-refractivity contribution in [1.82, 2.24) is 4.98 Å². The van der Waals surface area contributed by atoms with E-state index in [2.05, 4.69) is 30.2 Å². The average Bonchev–Trinajstić information content (AvgIpc) is 2.68. The van der Waals surface area contributed by atoms with Gasteiger partial charge in [0.05, 0.1) is 19.3 Å². The van der Waals surface area contributed by atoms with Crippen LogP contribution in [0.25, 0.3) is 0 Å². The Bertz CT molecular complexity index is 532. The topological polar surface area (TPSA) is 60.2 Å². The van der Waals surface area contributed by atoms with E-state index in [1.807, 2.05) is 0 Å². The lowest BCUT2D eigenvalue weighted by Crippen LogP contribution is -2.04. The van der Waals surface area contributed by atoms with Gasteiger partial charge in [-0.05, 0) is 31.5 Å². The number of rotatable bonds is 4. The van der Waals surface area contributed by atoms with Crippen LogP contribution in [0, 0.1) is 13.8 Å². The smallest absolute Gasteiger partial charge is 0.215 e. The SMILES string of the molecule is COc1ccc(N)c(NCc2cc(C)c(C)s2)n1. The predicted octanol–water partition coefficient (Wildman–Crippen LogP) is 2.96. The summed E-state index contributed by atoms with van der Waals surface area (Å²) in [4.78, 5) is 6.90. The number of hydrogen-bond acceptors (Lipinski definition) is 5. The van der Waals surface area contributed by atoms with Crippen LogP contribution in [0.4, 0.5) is 11.5 Å². The molecule has 0 amide bonds. The van der Waals surface area contributed by atoms with Gasteiger partial charge in [0.2, 0.25) is 5.88 Å². The van der Waals surface area contributed by atoms with Gasteiger partial charge in [-0.15, -0.1) is 11.3 Å². The van der Waals surface area contributed by atoms with Gasteiger partial charge in [-0.2, -0.15) is 4.98 Å². The van der Waals surface area contributed by atoms with Gasteiger partial charge in [-0.1, -0.05) is 0 Å². The first-order valence-electron chi connectivity index (χ1n) is 5.70. The highest BCUT2D eigenvalue weighted by molar-refractivity contribution is 7.12. The Morgan fingerprint density at radius 1 is 1.39 bits per heavy atom. The predicted molar refractivity (Wildman–Crippen MR) is 76.3 cm³/mol. The van der Waals surface area contributed by atoms with E-state index in [1.165, 1.54) is 15.3 Å². The number of hydrogen-bond donors (Lipinski definition) is 2. The van der Waals surface area contributed by atoms with Crippen molar-refractivity contribution in [3.05, 3.63) is 33.5 Å². The fraction of sp³-hybridized carbons (Fsp3) is 0.308. The largest absolute Gasteiger partial charge is 0.481 e. The van der Waals surface area contributed by atoms with E-state index in [-0.39, 0.29) is 0 Å². The van der Waals surface area contributed by atoms with Crippen LogP contribution in [0.2, 0.25) is 0 Å². The van der Waals surface area contributed by atoms with Crippen molar-refractivity contribution >= 4 is 22.8 Å². The molecule has 0 aliphatic rings. The lowest BCUT2D eigenvalue weighted by Gasteiger charge is -2.08. The molecule has 4 nitrogen and oxygen atoms in total. The highest BCUT2D eigenvalue weighted by atomic mass is 32.1. The zero-order valence-corrected chi connectivity index (χ0v) is 11.6. The van der Waals surface area contributed by atoms with Crippen molar-refractivity contribution in [3.63, 3.8) is 0 Å². The molecule has 0 aliphatic carbocycles. The van der Waals surface area contributed by atoms with Gasteiger partial charge in [0, 0.05) is 15.8 Å². The molecular weight excluding hydrogens is 246 g/mol. The van der Waals surface area contributed by atoms with E-state index in [1.54, 1.807) is 30.6 Å². The fourth-order valence-corrected chi connectivity index (χ4v) is 2.61. The number of pyridine rings is 1. The molecule has 0 saturated heterocycles. The van der Waals surface area contributed by atoms with Crippen molar-refractivity contribution < 1.29 is 4.74 Å². The first-order chi connectivity index (χ1) is 8.60. The Morgan fingerprint density at radius 3 is 2.78 bits per heavy atom. The second kappa shape index (κ2) is 5.27. The minimum Gasteiger partial charge on any atom is -0.481 e. The summed E-state index contributed by atoms with van der Waals surface area (Å²) < 4.78 is 5.08. The third-order valence-corrected chi connectivity index (χ3v) is 3.91. The molecule has 0 bridgehead atoms. The van der Waals surface area contributed by atoms with Crippen LogP contribution in [0.5, 0.6) is 5.88 Å². The Morgan fingerprint density at radius 2 is 2.17 bits per heavy atom. The standard InChI is InChI=1S/C13H17N3OS/c1-8-6-10(18-9(8)2)7-15-13-11(14)4-5-12(16-13)17-3/h4-6H,7,14H2,1-3H3,(H,15,16). The molecule has 0 unspecified atom stereocenters. The van der Waals surface area contributed by atoms with Gasteiger partial charge < -0.3 is 15.8 Å². The number of aromatic nitrogens is 1. The van der Waals surface area contributed by atoms with Crippen LogP contribution in [-0.2, 0) is 6.54 Å². The van der Waals surface area contributed by atoms with Gasteiger partial charge in [-0.3, -0.25) is 0 Å². The highest BCUT2D eigenvalue weighted by Gasteiger charge is 2.05. The van der Waals surface area contributed by atoms with E-state index in [9.17, 15) is 0 Å². The number of nitrogens with one attached hydrogen (secondary N) is 1. The Balaban J connectivity index is 2.10. The number of thiophene rings is 1. The highest BCUT2D eigenvalue weighted by Crippen LogP contribution is 2.24. The fourth-order valence-electron chi connectivity index (χ4n) is 1.61. The molecule has 0 radical (unpaired) electrons. The summed E-state index contributed by atoms with van der Waals surface area (Å²) in [6.07, 6.45) is 0. The lowest BCUT2D eigenvalue weighted by molar-refractivity contribution is 0.398. The first-order valence-corrected chi connectivity index (χ1v) is 6.52. The molecule has 3 N–H and O–H groups in total. The lowest BCUT2D eigenvalue weighted by atomic mass is 10.3. The number of anilines is 2. The maximum absolute atomic E-state index is 5.87. The molecular formula is C13H17N3OS. The molecule has 0 saturated carbocycles. The number of nitrogen functional groups attached to an aromatic ring is 1. The number of aryl methyl sites for hydroxylation is 2. The molecule has 0 aliphatic heterocycles. The molecule has 0 aromatic carbocycles. The molecule has 2 aromatic heterocycles. The molecule has 0 fully saturated rings. The van der Waals surface area contributed by atoms with E-state index in [0.717, 1.165) is 6.54 Å². The van der Waals surface area contributed by atoms with Gasteiger partial charge in [0.25, 0.3) is 0 Å². The summed E-state index contributed by atoms with van der Waals surface area (Å²) in [5, 5.41) is 3.24. The van der Waals surface area contributed by atoms with E-state index < -0.39 is 0 Å². The molecule has 2 aromatic rings. The van der Waals surface area contributed by atoms with E-state index in [0.29, 0.717) is 17.4 Å². The summed E-state index contributed by atoms with van der Waals surface area (Å²) in [7, 11) is 1.59. The van der Waals surface area contributed by atoms with Crippen LogP contribution in [0.3, 0.4) is 0 Å². The Labute approximate surface area is 111 Å². The zero-order valence-electron chi connectivity index (χ0n) is 10.8. The third kappa shape index (κ3) is 2.73. The van der Waals surface area contributed by atoms with Gasteiger partial charge in [0.1, 0.15) is 0 Å². The number of methoxy groups -OCH3 is 1. The molecule has 18 heavy (non-hydrogen) atoms. The van der Waals surface area contributed by atoms with Crippen molar-refractivity contribution in [2.45, 2.75) is 20.4 Å². The molecule has 0 spiro atoms. The van der Waals surface area contributed by atoms with Crippen LogP contribution in [0.1, 0.15) is 15.3 Å². The van der Waals surface area contributed by atoms with Gasteiger partial charge in [0.15, 0.2) is 5.82 Å². The number of ether oxygens (including phenoxy) is 1. The van der Waals surface area contributed by atoms with Gasteiger partial charge in [-0.25, -0.2) is 0 Å². The van der Waals surface area contributed by atoms with Crippen molar-refractivity contribution in [2.24, 2.45) is 0 Å². The molecule has 5 heteroatoms. The van der Waals surface area contributed by atoms with Crippen molar-refractivity contribution in [1.29, 1.82) is 0 Å². The molecule has 96 valence electrons. The minimum atomic E-state index is 0.560. The second-order valence-corrected chi connectivity index (χ2v) is 5.44. The van der Waals surface area contributed by atoms with E-state index >= 15 is 0 Å². The first kappa shape index (κ1) is 12.7. The maximum atomic E-state index is 5.87. The van der Waals surface area contributed by atoms with Crippen molar-refractivity contribution in [2.75, 3.05) is 18.2 Å². The van der Waals surface area contributed by atoms with E-state index in [4.69, 9.17) is 10.5 Å².